The van der Waals surface area contributed by atoms with E-state index in [9.17, 15) is 19.8 Å². The second-order valence-corrected chi connectivity index (χ2v) is 7.54. The largest absolute Gasteiger partial charge is 0.550 e. The van der Waals surface area contributed by atoms with Crippen LogP contribution in [0.15, 0.2) is 0 Å². The maximum Gasteiger partial charge on any atom is 0.0414 e. The van der Waals surface area contributed by atoms with Gasteiger partial charge in [0.25, 0.3) is 0 Å². The molecule has 2 radical (unpaired) electrons. The van der Waals surface area contributed by atoms with Gasteiger partial charge < -0.3 is 19.8 Å². The molecule has 0 atom stereocenters. The van der Waals surface area contributed by atoms with E-state index in [0.29, 0.717) is 0 Å². The Kier molecular flexibility index (Phi) is 17.0. The maximum atomic E-state index is 10.1. The van der Waals surface area contributed by atoms with Crippen molar-refractivity contribution in [1.82, 2.24) is 0 Å². The molecule has 2 aliphatic rings. The first-order valence-electron chi connectivity index (χ1n) is 9.97. The van der Waals surface area contributed by atoms with Crippen LogP contribution >= 0.6 is 0 Å². The van der Waals surface area contributed by atoms with E-state index in [1.54, 1.807) is 0 Å². The zero-order valence-electron chi connectivity index (χ0n) is 15.8. The molecule has 4 nitrogen and oxygen atoms in total. The summed E-state index contributed by atoms with van der Waals surface area (Å²) in [5, 5.41) is 20.3. The molecule has 142 valence electrons. The van der Waals surface area contributed by atoms with Crippen LogP contribution < -0.4 is 10.2 Å². The maximum absolute atomic E-state index is 10.1. The molecule has 0 heterocycles. The van der Waals surface area contributed by atoms with E-state index >= 15 is 0 Å². The van der Waals surface area contributed by atoms with E-state index in [1.807, 2.05) is 0 Å². The summed E-state index contributed by atoms with van der Waals surface area (Å²) in [7, 11) is 0. The van der Waals surface area contributed by atoms with Crippen molar-refractivity contribution in [2.45, 2.75) is 103 Å². The van der Waals surface area contributed by atoms with Gasteiger partial charge in [-0.25, -0.2) is 0 Å². The molecule has 0 saturated heterocycles. The zero-order chi connectivity index (χ0) is 17.6. The third kappa shape index (κ3) is 15.3. The Morgan fingerprint density at radius 1 is 0.640 bits per heavy atom. The summed E-state index contributed by atoms with van der Waals surface area (Å²) in [6.07, 6.45) is 17.7. The molecule has 0 spiro atoms. The number of rotatable bonds is 8. The number of hydrogen-bond donors (Lipinski definition) is 0. The summed E-state index contributed by atoms with van der Waals surface area (Å²) in [6, 6.07) is 0. The van der Waals surface area contributed by atoms with E-state index in [2.05, 4.69) is 0 Å². The molecule has 2 aliphatic carbocycles. The van der Waals surface area contributed by atoms with Crippen LogP contribution in [0.2, 0.25) is 0 Å². The minimum Gasteiger partial charge on any atom is -0.550 e. The summed E-state index contributed by atoms with van der Waals surface area (Å²) < 4.78 is 0. The van der Waals surface area contributed by atoms with Gasteiger partial charge in [-0.1, -0.05) is 77.0 Å². The van der Waals surface area contributed by atoms with E-state index in [4.69, 9.17) is 0 Å². The van der Waals surface area contributed by atoms with Gasteiger partial charge in [0.15, 0.2) is 0 Å². The minimum atomic E-state index is -0.897. The van der Waals surface area contributed by atoms with Gasteiger partial charge in [0.05, 0.1) is 0 Å². The second kappa shape index (κ2) is 16.7. The smallest absolute Gasteiger partial charge is 0.0414 e. The van der Waals surface area contributed by atoms with Crippen LogP contribution in [0, 0.1) is 11.8 Å². The Morgan fingerprint density at radius 2 is 0.960 bits per heavy atom. The average molecular weight is 476 g/mol. The summed E-state index contributed by atoms with van der Waals surface area (Å²) >= 11 is 0. The third-order valence-corrected chi connectivity index (χ3v) is 5.44. The minimum absolute atomic E-state index is 0. The average Bonchev–Trinajstić information content (AvgIpc) is 2.57. The van der Waals surface area contributed by atoms with Crippen LogP contribution in [0.5, 0.6) is 0 Å². The standard InChI is InChI=1S/2C10H18O2.Ba/c2*11-10(12)8-4-7-9-5-2-1-3-6-9;/h2*9H,1-8H2,(H,11,12);/p-2. The molecule has 0 aromatic carbocycles. The summed E-state index contributed by atoms with van der Waals surface area (Å²) in [5.41, 5.74) is 0. The molecule has 0 aliphatic heterocycles. The molecule has 0 amide bonds. The first-order chi connectivity index (χ1) is 11.6. The first-order valence-corrected chi connectivity index (χ1v) is 9.97. The molecule has 5 heteroatoms. The zero-order valence-corrected chi connectivity index (χ0v) is 20.2. The SMILES string of the molecule is O=C([O-])CCCC1CCCCC1.O=C([O-])CCCC1CCCCC1.[Ba]. The molecule has 2 saturated carbocycles. The van der Waals surface area contributed by atoms with Gasteiger partial charge in [0.2, 0.25) is 0 Å². The van der Waals surface area contributed by atoms with Crippen molar-refractivity contribution in [2.24, 2.45) is 11.8 Å². The second-order valence-electron chi connectivity index (χ2n) is 7.54. The van der Waals surface area contributed by atoms with Crippen LogP contribution in [0.1, 0.15) is 103 Å². The van der Waals surface area contributed by atoms with Gasteiger partial charge in [-0.05, 0) is 37.5 Å². The van der Waals surface area contributed by atoms with Crippen LogP contribution in [0.3, 0.4) is 0 Å². The van der Waals surface area contributed by atoms with Crippen molar-refractivity contribution in [3.05, 3.63) is 0 Å². The number of hydrogen-bond acceptors (Lipinski definition) is 4. The number of carboxylic acids is 2. The summed E-state index contributed by atoms with van der Waals surface area (Å²) in [5.74, 6) is -0.187. The number of carbonyl (C=O) groups excluding carboxylic acids is 2. The van der Waals surface area contributed by atoms with Gasteiger partial charge >= 0.3 is 0 Å². The Morgan fingerprint density at radius 3 is 1.24 bits per heavy atom. The van der Waals surface area contributed by atoms with Crippen molar-refractivity contribution in [3.8, 4) is 0 Å². The van der Waals surface area contributed by atoms with E-state index < -0.39 is 11.9 Å². The molecular formula is C20H34BaO4-2. The normalized spacial score (nSPS) is 18.6. The Labute approximate surface area is 193 Å². The Balaban J connectivity index is 0.000000443. The van der Waals surface area contributed by atoms with Crippen molar-refractivity contribution in [2.75, 3.05) is 0 Å². The number of carbonyl (C=O) groups is 2. The molecular weight excluding hydrogens is 442 g/mol. The van der Waals surface area contributed by atoms with Crippen LogP contribution in [0.4, 0.5) is 0 Å². The first kappa shape index (κ1) is 25.5. The molecule has 0 unspecified atom stereocenters. The number of aliphatic carboxylic acids is 2. The summed E-state index contributed by atoms with van der Waals surface area (Å²) in [6.45, 7) is 0. The van der Waals surface area contributed by atoms with Crippen LogP contribution in [-0.2, 0) is 9.59 Å². The van der Waals surface area contributed by atoms with Crippen molar-refractivity contribution in [1.29, 1.82) is 0 Å². The molecule has 25 heavy (non-hydrogen) atoms. The van der Waals surface area contributed by atoms with Crippen LogP contribution in [-0.4, -0.2) is 60.8 Å². The number of carboxylic acid groups (broad SMARTS) is 2. The van der Waals surface area contributed by atoms with Crippen molar-refractivity contribution >= 4 is 60.8 Å². The predicted molar refractivity (Wildman–Crippen MR) is 96.6 cm³/mol. The molecule has 2 rings (SSSR count). The molecule has 0 N–H and O–H groups in total. The van der Waals surface area contributed by atoms with Crippen LogP contribution in [0.25, 0.3) is 0 Å². The van der Waals surface area contributed by atoms with E-state index in [1.165, 1.54) is 64.2 Å². The van der Waals surface area contributed by atoms with E-state index in [-0.39, 0.29) is 61.7 Å². The van der Waals surface area contributed by atoms with E-state index in [0.717, 1.165) is 37.5 Å². The van der Waals surface area contributed by atoms with Gasteiger partial charge in [-0.15, -0.1) is 0 Å². The van der Waals surface area contributed by atoms with Gasteiger partial charge in [-0.2, -0.15) is 0 Å². The quantitative estimate of drug-likeness (QED) is 0.505. The molecule has 0 aromatic rings. The van der Waals surface area contributed by atoms with Gasteiger partial charge in [-0.3, -0.25) is 0 Å². The molecule has 2 fully saturated rings. The van der Waals surface area contributed by atoms with Gasteiger partial charge in [0.1, 0.15) is 0 Å². The summed E-state index contributed by atoms with van der Waals surface area (Å²) in [4.78, 5) is 20.3. The third-order valence-electron chi connectivity index (χ3n) is 5.44. The fourth-order valence-electron chi connectivity index (χ4n) is 4.02. The fraction of sp³-hybridized carbons (Fsp3) is 0.900. The predicted octanol–water partition coefficient (Wildman–Crippen LogP) is 2.59. The Bertz CT molecular complexity index is 314. The van der Waals surface area contributed by atoms with Gasteiger partial charge in [0, 0.05) is 60.8 Å². The monoisotopic (exact) mass is 476 g/mol. The topological polar surface area (TPSA) is 80.3 Å². The molecule has 0 aromatic heterocycles. The van der Waals surface area contributed by atoms with Crippen molar-refractivity contribution in [3.63, 3.8) is 0 Å². The fourth-order valence-corrected chi connectivity index (χ4v) is 4.02. The Hall–Kier alpha value is 0.511. The van der Waals surface area contributed by atoms with Crippen molar-refractivity contribution < 1.29 is 19.8 Å². The molecule has 0 bridgehead atoms.